The number of hydrogen-bond donors (Lipinski definition) is 1. The third kappa shape index (κ3) is 1.74. The maximum Gasteiger partial charge on any atom is 0.347 e. The van der Waals surface area contributed by atoms with Gasteiger partial charge in [0.25, 0.3) is 0 Å². The molecule has 1 N–H and O–H groups in total. The molecule has 0 spiro atoms. The fourth-order valence-electron chi connectivity index (χ4n) is 2.02. The zero-order valence-electron chi connectivity index (χ0n) is 8.81. The standard InChI is InChI=1S/C11H13NO3S/c13-11(14)9-8(7-2-1-5-15-7)12-10(16-9)6-3-4-6/h6-7H,1-5H2,(H,13,14). The molecule has 1 aromatic heterocycles. The lowest BCUT2D eigenvalue weighted by atomic mass is 10.1. The molecule has 1 aliphatic heterocycles. The van der Waals surface area contributed by atoms with E-state index in [0.29, 0.717) is 16.5 Å². The molecule has 0 radical (unpaired) electrons. The monoisotopic (exact) mass is 239 g/mol. The molecule has 4 nitrogen and oxygen atoms in total. The first-order chi connectivity index (χ1) is 7.75. The zero-order chi connectivity index (χ0) is 11.1. The number of aromatic nitrogens is 1. The van der Waals surface area contributed by atoms with Gasteiger partial charge in [-0.15, -0.1) is 11.3 Å². The van der Waals surface area contributed by atoms with Crippen LogP contribution in [0.4, 0.5) is 0 Å². The lowest BCUT2D eigenvalue weighted by Gasteiger charge is -2.06. The second-order valence-corrected chi connectivity index (χ2v) is 5.38. The van der Waals surface area contributed by atoms with Crippen LogP contribution in [0.25, 0.3) is 0 Å². The van der Waals surface area contributed by atoms with Crippen LogP contribution in [-0.4, -0.2) is 22.7 Å². The minimum Gasteiger partial charge on any atom is -0.477 e. The Labute approximate surface area is 97.3 Å². The van der Waals surface area contributed by atoms with Crippen LogP contribution in [0.2, 0.25) is 0 Å². The van der Waals surface area contributed by atoms with E-state index in [1.165, 1.54) is 11.3 Å². The molecule has 1 aromatic rings. The molecule has 16 heavy (non-hydrogen) atoms. The van der Waals surface area contributed by atoms with Crippen LogP contribution in [0.15, 0.2) is 0 Å². The van der Waals surface area contributed by atoms with Crippen LogP contribution in [0, 0.1) is 0 Å². The minimum absolute atomic E-state index is 0.0881. The van der Waals surface area contributed by atoms with E-state index in [-0.39, 0.29) is 6.10 Å². The lowest BCUT2D eigenvalue weighted by Crippen LogP contribution is -2.04. The molecule has 1 unspecified atom stereocenters. The highest BCUT2D eigenvalue weighted by atomic mass is 32.1. The molecule has 1 saturated carbocycles. The first-order valence-corrected chi connectivity index (χ1v) is 6.43. The first-order valence-electron chi connectivity index (χ1n) is 5.61. The van der Waals surface area contributed by atoms with Crippen LogP contribution in [0.5, 0.6) is 0 Å². The molecule has 0 amide bonds. The maximum atomic E-state index is 11.1. The summed E-state index contributed by atoms with van der Waals surface area (Å²) in [6, 6.07) is 0. The van der Waals surface area contributed by atoms with Gasteiger partial charge in [0, 0.05) is 12.5 Å². The maximum absolute atomic E-state index is 11.1. The van der Waals surface area contributed by atoms with Crippen molar-refractivity contribution in [3.63, 3.8) is 0 Å². The van der Waals surface area contributed by atoms with Gasteiger partial charge >= 0.3 is 5.97 Å². The average Bonchev–Trinajstić information content (AvgIpc) is 2.83. The quantitative estimate of drug-likeness (QED) is 0.880. The van der Waals surface area contributed by atoms with Gasteiger partial charge < -0.3 is 9.84 Å². The molecule has 1 saturated heterocycles. The Bertz CT molecular complexity index is 419. The topological polar surface area (TPSA) is 59.4 Å². The lowest BCUT2D eigenvalue weighted by molar-refractivity contribution is 0.0686. The Balaban J connectivity index is 1.96. The first kappa shape index (κ1) is 10.2. The molecule has 0 bridgehead atoms. The van der Waals surface area contributed by atoms with E-state index in [2.05, 4.69) is 4.98 Å². The number of rotatable bonds is 3. The van der Waals surface area contributed by atoms with Crippen LogP contribution in [0.3, 0.4) is 0 Å². The molecule has 2 heterocycles. The number of carboxylic acid groups (broad SMARTS) is 1. The van der Waals surface area contributed by atoms with Crippen LogP contribution in [-0.2, 0) is 4.74 Å². The van der Waals surface area contributed by atoms with Crippen molar-refractivity contribution < 1.29 is 14.6 Å². The Morgan fingerprint density at radius 3 is 2.81 bits per heavy atom. The van der Waals surface area contributed by atoms with Gasteiger partial charge in [0.15, 0.2) is 0 Å². The molecule has 2 aliphatic rings. The fourth-order valence-corrected chi connectivity index (χ4v) is 3.14. The summed E-state index contributed by atoms with van der Waals surface area (Å²) in [5, 5.41) is 10.1. The predicted molar refractivity (Wildman–Crippen MR) is 59.0 cm³/mol. The molecule has 1 aliphatic carbocycles. The number of aromatic carboxylic acids is 1. The summed E-state index contributed by atoms with van der Waals surface area (Å²) in [6.45, 7) is 0.722. The number of hydrogen-bond acceptors (Lipinski definition) is 4. The average molecular weight is 239 g/mol. The number of thiazole rings is 1. The van der Waals surface area contributed by atoms with E-state index < -0.39 is 5.97 Å². The molecular formula is C11H13NO3S. The van der Waals surface area contributed by atoms with E-state index in [9.17, 15) is 4.79 Å². The van der Waals surface area contributed by atoms with Crippen molar-refractivity contribution in [1.82, 2.24) is 4.98 Å². The van der Waals surface area contributed by atoms with Crippen molar-refractivity contribution in [3.8, 4) is 0 Å². The summed E-state index contributed by atoms with van der Waals surface area (Å²) in [6.07, 6.45) is 4.11. The molecule has 5 heteroatoms. The van der Waals surface area contributed by atoms with Crippen molar-refractivity contribution in [3.05, 3.63) is 15.6 Å². The molecule has 86 valence electrons. The van der Waals surface area contributed by atoms with Crippen molar-refractivity contribution in [2.45, 2.75) is 37.7 Å². The highest BCUT2D eigenvalue weighted by molar-refractivity contribution is 7.13. The summed E-state index contributed by atoms with van der Waals surface area (Å²) >= 11 is 1.33. The number of carbonyl (C=O) groups is 1. The predicted octanol–water partition coefficient (Wildman–Crippen LogP) is 2.57. The Kier molecular flexibility index (Phi) is 2.44. The van der Waals surface area contributed by atoms with Gasteiger partial charge in [-0.1, -0.05) is 0 Å². The molecule has 1 atom stereocenters. The highest BCUT2D eigenvalue weighted by Gasteiger charge is 2.33. The van der Waals surface area contributed by atoms with Gasteiger partial charge in [-0.2, -0.15) is 0 Å². The Morgan fingerprint density at radius 1 is 1.44 bits per heavy atom. The summed E-state index contributed by atoms with van der Waals surface area (Å²) in [5.41, 5.74) is 0.664. The molecular weight excluding hydrogens is 226 g/mol. The van der Waals surface area contributed by atoms with Crippen molar-refractivity contribution >= 4 is 17.3 Å². The van der Waals surface area contributed by atoms with Crippen molar-refractivity contribution in [2.75, 3.05) is 6.61 Å². The van der Waals surface area contributed by atoms with E-state index in [0.717, 1.165) is 37.3 Å². The molecule has 0 aromatic carbocycles. The third-order valence-corrected chi connectivity index (χ3v) is 4.25. The second-order valence-electron chi connectivity index (χ2n) is 4.35. The van der Waals surface area contributed by atoms with E-state index >= 15 is 0 Å². The Morgan fingerprint density at radius 2 is 2.25 bits per heavy atom. The summed E-state index contributed by atoms with van der Waals surface area (Å²) in [5.74, 6) is -0.354. The van der Waals surface area contributed by atoms with Gasteiger partial charge in [0.1, 0.15) is 11.0 Å². The third-order valence-electron chi connectivity index (χ3n) is 3.03. The second kappa shape index (κ2) is 3.82. The van der Waals surface area contributed by atoms with Gasteiger partial charge in [-0.3, -0.25) is 0 Å². The smallest absolute Gasteiger partial charge is 0.347 e. The van der Waals surface area contributed by atoms with Crippen LogP contribution < -0.4 is 0 Å². The fraction of sp³-hybridized carbons (Fsp3) is 0.636. The van der Waals surface area contributed by atoms with Crippen LogP contribution >= 0.6 is 11.3 Å². The van der Waals surface area contributed by atoms with Crippen molar-refractivity contribution in [1.29, 1.82) is 0 Å². The molecule has 3 rings (SSSR count). The normalized spacial score (nSPS) is 24.9. The van der Waals surface area contributed by atoms with Crippen LogP contribution in [0.1, 0.15) is 58.1 Å². The SMILES string of the molecule is O=C(O)c1sc(C2CC2)nc1C1CCCO1. The van der Waals surface area contributed by atoms with Gasteiger partial charge in [0.05, 0.1) is 10.7 Å². The summed E-state index contributed by atoms with van der Waals surface area (Å²) < 4.78 is 5.52. The van der Waals surface area contributed by atoms with Crippen molar-refractivity contribution in [2.24, 2.45) is 0 Å². The Hall–Kier alpha value is -0.940. The highest BCUT2D eigenvalue weighted by Crippen LogP contribution is 2.44. The number of carboxylic acids is 1. The summed E-state index contributed by atoms with van der Waals surface area (Å²) in [7, 11) is 0. The largest absolute Gasteiger partial charge is 0.477 e. The van der Waals surface area contributed by atoms with E-state index in [1.807, 2.05) is 0 Å². The van der Waals surface area contributed by atoms with E-state index in [1.54, 1.807) is 0 Å². The van der Waals surface area contributed by atoms with Gasteiger partial charge in [-0.25, -0.2) is 9.78 Å². The molecule has 2 fully saturated rings. The number of nitrogens with zero attached hydrogens (tertiary/aromatic N) is 1. The van der Waals surface area contributed by atoms with Gasteiger partial charge in [-0.05, 0) is 25.7 Å². The minimum atomic E-state index is -0.866. The van der Waals surface area contributed by atoms with E-state index in [4.69, 9.17) is 9.84 Å². The zero-order valence-corrected chi connectivity index (χ0v) is 9.63. The summed E-state index contributed by atoms with van der Waals surface area (Å²) in [4.78, 5) is 16.0. The number of ether oxygens (including phenoxy) is 1. The van der Waals surface area contributed by atoms with Gasteiger partial charge in [0.2, 0.25) is 0 Å².